The Labute approximate surface area is 109 Å². The van der Waals surface area contributed by atoms with E-state index in [9.17, 15) is 39.6 Å². The van der Waals surface area contributed by atoms with Crippen molar-refractivity contribution >= 4 is 16.4 Å². The fraction of sp³-hybridized carbons (Fsp3) is 0.857. The summed E-state index contributed by atoms with van der Waals surface area (Å²) in [6, 6.07) is 0. The van der Waals surface area contributed by atoms with Crippen LogP contribution < -0.4 is 4.72 Å². The van der Waals surface area contributed by atoms with Crippen LogP contribution >= 0.6 is 0 Å². The first-order valence-corrected chi connectivity index (χ1v) is 6.19. The summed E-state index contributed by atoms with van der Waals surface area (Å²) in [5, 5.41) is 0. The van der Waals surface area contributed by atoms with Gasteiger partial charge in [0.25, 0.3) is 0 Å². The van der Waals surface area contributed by atoms with Crippen LogP contribution in [0.1, 0.15) is 12.8 Å². The van der Waals surface area contributed by atoms with Gasteiger partial charge in [0.15, 0.2) is 0 Å². The highest BCUT2D eigenvalue weighted by atomic mass is 32.2. The van der Waals surface area contributed by atoms with Gasteiger partial charge in [-0.3, -0.25) is 4.18 Å². The van der Waals surface area contributed by atoms with Gasteiger partial charge in [-0.15, -0.1) is 0 Å². The van der Waals surface area contributed by atoms with Gasteiger partial charge in [-0.2, -0.15) is 39.5 Å². The maximum absolute atomic E-state index is 11.7. The molecule has 120 valence electrons. The van der Waals surface area contributed by atoms with Crippen LogP contribution in [0.2, 0.25) is 0 Å². The first kappa shape index (κ1) is 18.8. The lowest BCUT2D eigenvalue weighted by atomic mass is 10.4. The molecule has 20 heavy (non-hydrogen) atoms. The van der Waals surface area contributed by atoms with Gasteiger partial charge < -0.3 is 4.74 Å². The Kier molecular flexibility index (Phi) is 6.53. The highest BCUT2D eigenvalue weighted by Crippen LogP contribution is 2.20. The van der Waals surface area contributed by atoms with Crippen LogP contribution in [-0.4, -0.2) is 40.1 Å². The molecular formula is C7H9F6NO5S. The average Bonchev–Trinajstić information content (AvgIpc) is 2.10. The molecule has 13 heteroatoms. The van der Waals surface area contributed by atoms with Crippen LogP contribution in [0.25, 0.3) is 0 Å². The fourth-order valence-corrected chi connectivity index (χ4v) is 1.31. The maximum Gasteiger partial charge on any atom is 0.422 e. The van der Waals surface area contributed by atoms with Crippen LogP contribution in [0, 0.1) is 0 Å². The summed E-state index contributed by atoms with van der Waals surface area (Å²) in [5.41, 5.74) is 0. The van der Waals surface area contributed by atoms with Crippen LogP contribution in [0.3, 0.4) is 0 Å². The second-order valence-electron chi connectivity index (χ2n) is 3.24. The van der Waals surface area contributed by atoms with Crippen molar-refractivity contribution in [2.24, 2.45) is 0 Å². The molecule has 0 fully saturated rings. The molecule has 0 saturated carbocycles. The predicted octanol–water partition coefficient (Wildman–Crippen LogP) is 1.88. The summed E-state index contributed by atoms with van der Waals surface area (Å²) in [6.07, 6.45) is -14.2. The van der Waals surface area contributed by atoms with Gasteiger partial charge >= 0.3 is 28.8 Å². The van der Waals surface area contributed by atoms with Crippen LogP contribution in [0.15, 0.2) is 0 Å². The molecule has 0 saturated heterocycles. The van der Waals surface area contributed by atoms with Crippen molar-refractivity contribution in [2.45, 2.75) is 25.2 Å². The minimum Gasteiger partial charge on any atom is -0.448 e. The summed E-state index contributed by atoms with van der Waals surface area (Å²) >= 11 is 0. The van der Waals surface area contributed by atoms with Crippen LogP contribution in [0.5, 0.6) is 0 Å². The Balaban J connectivity index is 4.04. The Morgan fingerprint density at radius 2 is 1.40 bits per heavy atom. The van der Waals surface area contributed by atoms with Gasteiger partial charge in [0.2, 0.25) is 0 Å². The zero-order valence-corrected chi connectivity index (χ0v) is 10.4. The largest absolute Gasteiger partial charge is 0.448 e. The van der Waals surface area contributed by atoms with Crippen molar-refractivity contribution in [3.8, 4) is 0 Å². The molecule has 1 amide bonds. The van der Waals surface area contributed by atoms with Crippen molar-refractivity contribution in [2.75, 3.05) is 13.2 Å². The van der Waals surface area contributed by atoms with Crippen LogP contribution in [-0.2, 0) is 19.2 Å². The van der Waals surface area contributed by atoms with E-state index in [1.54, 1.807) is 0 Å². The summed E-state index contributed by atoms with van der Waals surface area (Å²) in [7, 11) is -4.87. The molecule has 0 aliphatic heterocycles. The normalized spacial score (nSPS) is 13.1. The highest BCUT2D eigenvalue weighted by Gasteiger charge is 2.29. The Hall–Kier alpha value is -1.24. The number of hydrogen-bond acceptors (Lipinski definition) is 5. The Morgan fingerprint density at radius 3 is 1.85 bits per heavy atom. The lowest BCUT2D eigenvalue weighted by Crippen LogP contribution is -2.34. The average molecular weight is 333 g/mol. The maximum atomic E-state index is 11.7. The molecule has 0 aromatic heterocycles. The molecule has 1 N–H and O–H groups in total. The monoisotopic (exact) mass is 333 g/mol. The summed E-state index contributed by atoms with van der Waals surface area (Å²) in [4.78, 5) is 10.7. The third-order valence-corrected chi connectivity index (χ3v) is 2.34. The van der Waals surface area contributed by atoms with E-state index in [0.717, 1.165) is 4.72 Å². The van der Waals surface area contributed by atoms with E-state index in [1.807, 2.05) is 0 Å². The van der Waals surface area contributed by atoms with Crippen molar-refractivity contribution in [1.82, 2.24) is 4.72 Å². The van der Waals surface area contributed by atoms with Gasteiger partial charge in [-0.1, -0.05) is 0 Å². The molecule has 6 nitrogen and oxygen atoms in total. The number of carbonyl (C=O) groups excluding carboxylic acids is 1. The third-order valence-electron chi connectivity index (χ3n) is 1.45. The molecule has 0 heterocycles. The minimum atomic E-state index is -4.87. The lowest BCUT2D eigenvalue weighted by Gasteiger charge is -2.10. The molecule has 0 aromatic rings. The summed E-state index contributed by atoms with van der Waals surface area (Å²) in [6.45, 7) is -2.43. The molecule has 0 atom stereocenters. The molecule has 0 bridgehead atoms. The Morgan fingerprint density at radius 1 is 0.950 bits per heavy atom. The standard InChI is InChI=1S/C7H9F6NO5S/c8-6(9,10)1-3-18-5(15)14-20(16,17)19-4-2-7(11,12)13/h1-4H2,(H,14,15). The van der Waals surface area contributed by atoms with Gasteiger partial charge in [-0.25, -0.2) is 4.79 Å². The number of carbonyl (C=O) groups is 1. The van der Waals surface area contributed by atoms with Crippen molar-refractivity contribution in [3.63, 3.8) is 0 Å². The highest BCUT2D eigenvalue weighted by molar-refractivity contribution is 7.85. The molecule has 0 rings (SSSR count). The predicted molar refractivity (Wildman–Crippen MR) is 50.7 cm³/mol. The first-order valence-electron chi connectivity index (χ1n) is 4.78. The molecule has 0 unspecified atom stereocenters. The minimum absolute atomic E-state index is 0.983. The molecule has 0 aromatic carbocycles. The van der Waals surface area contributed by atoms with E-state index in [1.165, 1.54) is 0 Å². The van der Waals surface area contributed by atoms with Gasteiger partial charge in [0.05, 0.1) is 19.4 Å². The summed E-state index contributed by atoms with van der Waals surface area (Å²) in [5.74, 6) is 0. The summed E-state index contributed by atoms with van der Waals surface area (Å²) < 4.78 is 100. The van der Waals surface area contributed by atoms with Crippen LogP contribution in [0.4, 0.5) is 31.1 Å². The number of ether oxygens (including phenoxy) is 1. The van der Waals surface area contributed by atoms with E-state index in [0.29, 0.717) is 0 Å². The third kappa shape index (κ3) is 11.8. The van der Waals surface area contributed by atoms with Crippen molar-refractivity contribution < 1.29 is 48.5 Å². The van der Waals surface area contributed by atoms with Gasteiger partial charge in [-0.05, 0) is 0 Å². The molecule has 0 aliphatic rings. The van der Waals surface area contributed by atoms with Gasteiger partial charge in [0.1, 0.15) is 6.61 Å². The second-order valence-corrected chi connectivity index (χ2v) is 4.59. The smallest absolute Gasteiger partial charge is 0.422 e. The second kappa shape index (κ2) is 6.97. The van der Waals surface area contributed by atoms with Gasteiger partial charge in [0, 0.05) is 0 Å². The van der Waals surface area contributed by atoms with Crippen molar-refractivity contribution in [1.29, 1.82) is 0 Å². The van der Waals surface area contributed by atoms with E-state index >= 15 is 0 Å². The molecule has 0 radical (unpaired) electrons. The molecule has 0 spiro atoms. The zero-order chi connectivity index (χ0) is 16.0. The van der Waals surface area contributed by atoms with E-state index in [4.69, 9.17) is 0 Å². The number of hydrogen-bond donors (Lipinski definition) is 1. The lowest BCUT2D eigenvalue weighted by molar-refractivity contribution is -0.141. The SMILES string of the molecule is O=C(NS(=O)(=O)OCCC(F)(F)F)OCCC(F)(F)F. The zero-order valence-electron chi connectivity index (χ0n) is 9.55. The van der Waals surface area contributed by atoms with Crippen molar-refractivity contribution in [3.05, 3.63) is 0 Å². The molecule has 0 aliphatic carbocycles. The van der Waals surface area contributed by atoms with E-state index in [-0.39, 0.29) is 0 Å². The number of halogens is 6. The fourth-order valence-electron chi connectivity index (χ4n) is 0.688. The van der Waals surface area contributed by atoms with E-state index < -0.39 is 54.8 Å². The number of alkyl halides is 6. The number of rotatable bonds is 6. The Bertz CT molecular complexity index is 416. The molecular weight excluding hydrogens is 324 g/mol. The number of nitrogens with one attached hydrogen (secondary N) is 1. The van der Waals surface area contributed by atoms with E-state index in [2.05, 4.69) is 8.92 Å². The number of amides is 1. The quantitative estimate of drug-likeness (QED) is 0.751. The topological polar surface area (TPSA) is 81.7 Å². The first-order chi connectivity index (χ1) is 8.81.